The zero-order valence-electron chi connectivity index (χ0n) is 18.0. The van der Waals surface area contributed by atoms with Crippen LogP contribution in [0, 0.1) is 5.82 Å². The van der Waals surface area contributed by atoms with Gasteiger partial charge in [0.2, 0.25) is 15.9 Å². The normalized spacial score (nSPS) is 15.2. The first-order valence-electron chi connectivity index (χ1n) is 10.1. The molecule has 1 unspecified atom stereocenters. The number of hydrogen-bond donors (Lipinski definition) is 1. The Morgan fingerprint density at radius 2 is 1.69 bits per heavy atom. The zero-order valence-corrected chi connectivity index (χ0v) is 18.8. The van der Waals surface area contributed by atoms with Crippen LogP contribution in [0.4, 0.5) is 10.1 Å². The van der Waals surface area contributed by atoms with E-state index in [4.69, 9.17) is 4.74 Å². The highest BCUT2D eigenvalue weighted by molar-refractivity contribution is 7.92. The highest BCUT2D eigenvalue weighted by atomic mass is 32.2. The van der Waals surface area contributed by atoms with Gasteiger partial charge < -0.3 is 15.0 Å². The van der Waals surface area contributed by atoms with E-state index in [1.807, 2.05) is 0 Å². The van der Waals surface area contributed by atoms with E-state index in [1.165, 1.54) is 24.3 Å². The third-order valence-corrected chi connectivity index (χ3v) is 6.28. The van der Waals surface area contributed by atoms with E-state index < -0.39 is 28.5 Å². The molecule has 172 valence electrons. The Hall–Kier alpha value is -2.98. The summed E-state index contributed by atoms with van der Waals surface area (Å²) >= 11 is 0. The van der Waals surface area contributed by atoms with Gasteiger partial charge in [-0.15, -0.1) is 0 Å². The van der Waals surface area contributed by atoms with Gasteiger partial charge in [-0.1, -0.05) is 12.1 Å². The Labute approximate surface area is 187 Å². The number of anilines is 1. The Kier molecular flexibility index (Phi) is 7.47. The van der Waals surface area contributed by atoms with Crippen molar-refractivity contribution in [3.8, 4) is 0 Å². The SMILES string of the molecule is CC(NC(=O)CN(c1ccc(C(=O)N2CCOCC2)cc1)S(C)(=O)=O)c1ccc(F)cc1. The molecule has 0 radical (unpaired) electrons. The molecule has 10 heteroatoms. The van der Waals surface area contributed by atoms with Gasteiger partial charge in [-0.3, -0.25) is 13.9 Å². The maximum Gasteiger partial charge on any atom is 0.254 e. The first-order chi connectivity index (χ1) is 15.1. The van der Waals surface area contributed by atoms with Gasteiger partial charge in [0.15, 0.2) is 0 Å². The first kappa shape index (κ1) is 23.7. The molecule has 1 fully saturated rings. The summed E-state index contributed by atoms with van der Waals surface area (Å²) in [6, 6.07) is 11.4. The Morgan fingerprint density at radius 3 is 2.25 bits per heavy atom. The van der Waals surface area contributed by atoms with Gasteiger partial charge in [0.05, 0.1) is 31.2 Å². The number of halogens is 1. The van der Waals surface area contributed by atoms with Crippen LogP contribution in [0.2, 0.25) is 0 Å². The van der Waals surface area contributed by atoms with Gasteiger partial charge in [-0.25, -0.2) is 12.8 Å². The molecule has 0 aromatic heterocycles. The molecule has 1 heterocycles. The third kappa shape index (κ3) is 6.04. The molecule has 0 saturated carbocycles. The zero-order chi connectivity index (χ0) is 23.3. The van der Waals surface area contributed by atoms with E-state index in [-0.39, 0.29) is 17.4 Å². The number of hydrogen-bond acceptors (Lipinski definition) is 5. The quantitative estimate of drug-likeness (QED) is 0.677. The van der Waals surface area contributed by atoms with Crippen molar-refractivity contribution in [3.05, 3.63) is 65.5 Å². The molecule has 2 amide bonds. The van der Waals surface area contributed by atoms with Gasteiger partial charge in [0, 0.05) is 18.7 Å². The average Bonchev–Trinajstić information content (AvgIpc) is 2.77. The van der Waals surface area contributed by atoms with Crippen LogP contribution < -0.4 is 9.62 Å². The van der Waals surface area contributed by atoms with Crippen LogP contribution in [0.15, 0.2) is 48.5 Å². The molecule has 1 aliphatic rings. The summed E-state index contributed by atoms with van der Waals surface area (Å²) in [5, 5.41) is 2.72. The molecule has 1 saturated heterocycles. The van der Waals surface area contributed by atoms with Gasteiger partial charge in [-0.2, -0.15) is 0 Å². The molecule has 2 aromatic rings. The van der Waals surface area contributed by atoms with Crippen LogP contribution in [-0.4, -0.2) is 64.2 Å². The average molecular weight is 464 g/mol. The standard InChI is InChI=1S/C22H26FN3O5S/c1-16(17-3-7-19(23)8-4-17)24-21(27)15-26(32(2,29)30)20-9-5-18(6-10-20)22(28)25-11-13-31-14-12-25/h3-10,16H,11-15H2,1-2H3,(H,24,27). The van der Waals surface area contributed by atoms with E-state index in [1.54, 1.807) is 36.1 Å². The fraction of sp³-hybridized carbons (Fsp3) is 0.364. The predicted octanol–water partition coefficient (Wildman–Crippen LogP) is 1.94. The topological polar surface area (TPSA) is 96.0 Å². The Balaban J connectivity index is 1.70. The second-order valence-corrected chi connectivity index (χ2v) is 9.47. The fourth-order valence-corrected chi connectivity index (χ4v) is 4.23. The number of benzene rings is 2. The highest BCUT2D eigenvalue weighted by Crippen LogP contribution is 2.20. The van der Waals surface area contributed by atoms with Gasteiger partial charge >= 0.3 is 0 Å². The molecule has 2 aromatic carbocycles. The molecule has 1 atom stereocenters. The summed E-state index contributed by atoms with van der Waals surface area (Å²) in [6.07, 6.45) is 1.01. The number of nitrogens with one attached hydrogen (secondary N) is 1. The smallest absolute Gasteiger partial charge is 0.254 e. The molecule has 0 aliphatic carbocycles. The number of carbonyl (C=O) groups is 2. The second-order valence-electron chi connectivity index (χ2n) is 7.56. The molecule has 0 spiro atoms. The third-order valence-electron chi connectivity index (χ3n) is 5.14. The summed E-state index contributed by atoms with van der Waals surface area (Å²) in [5.74, 6) is -1.05. The molecule has 3 rings (SSSR count). The molecule has 0 bridgehead atoms. The Morgan fingerprint density at radius 1 is 1.09 bits per heavy atom. The molecule has 32 heavy (non-hydrogen) atoms. The Bertz CT molecular complexity index is 1050. The fourth-order valence-electron chi connectivity index (χ4n) is 3.37. The minimum atomic E-state index is -3.76. The number of ether oxygens (including phenoxy) is 1. The molecular formula is C22H26FN3O5S. The van der Waals surface area contributed by atoms with Crippen molar-refractivity contribution in [3.63, 3.8) is 0 Å². The van der Waals surface area contributed by atoms with Crippen molar-refractivity contribution < 1.29 is 27.1 Å². The summed E-state index contributed by atoms with van der Waals surface area (Å²) < 4.78 is 44.0. The van der Waals surface area contributed by atoms with Crippen molar-refractivity contribution in [1.82, 2.24) is 10.2 Å². The number of sulfonamides is 1. The number of rotatable bonds is 7. The number of carbonyl (C=O) groups excluding carboxylic acids is 2. The maximum atomic E-state index is 13.1. The minimum Gasteiger partial charge on any atom is -0.378 e. The monoisotopic (exact) mass is 463 g/mol. The lowest BCUT2D eigenvalue weighted by Gasteiger charge is -2.27. The van der Waals surface area contributed by atoms with E-state index in [2.05, 4.69) is 5.32 Å². The molecule has 1 N–H and O–H groups in total. The second kappa shape index (κ2) is 10.1. The van der Waals surface area contributed by atoms with E-state index in [9.17, 15) is 22.4 Å². The predicted molar refractivity (Wildman–Crippen MR) is 118 cm³/mol. The van der Waals surface area contributed by atoms with Crippen molar-refractivity contribution in [2.75, 3.05) is 43.4 Å². The number of nitrogens with zero attached hydrogens (tertiary/aromatic N) is 2. The lowest BCUT2D eigenvalue weighted by molar-refractivity contribution is -0.120. The van der Waals surface area contributed by atoms with E-state index in [0.29, 0.717) is 37.4 Å². The number of morpholine rings is 1. The van der Waals surface area contributed by atoms with Crippen molar-refractivity contribution >= 4 is 27.5 Å². The van der Waals surface area contributed by atoms with Crippen molar-refractivity contribution in [2.45, 2.75) is 13.0 Å². The van der Waals surface area contributed by atoms with Crippen molar-refractivity contribution in [1.29, 1.82) is 0 Å². The molecule has 8 nitrogen and oxygen atoms in total. The summed E-state index contributed by atoms with van der Waals surface area (Å²) in [4.78, 5) is 26.8. The van der Waals surface area contributed by atoms with E-state index >= 15 is 0 Å². The van der Waals surface area contributed by atoms with Crippen LogP contribution in [-0.2, 0) is 19.6 Å². The largest absolute Gasteiger partial charge is 0.378 e. The lowest BCUT2D eigenvalue weighted by Crippen LogP contribution is -2.41. The molecular weight excluding hydrogens is 437 g/mol. The van der Waals surface area contributed by atoms with E-state index in [0.717, 1.165) is 10.6 Å². The van der Waals surface area contributed by atoms with Crippen LogP contribution in [0.25, 0.3) is 0 Å². The first-order valence-corrected chi connectivity index (χ1v) is 12.0. The van der Waals surface area contributed by atoms with Gasteiger partial charge in [0.25, 0.3) is 5.91 Å². The van der Waals surface area contributed by atoms with Crippen LogP contribution in [0.3, 0.4) is 0 Å². The summed E-state index contributed by atoms with van der Waals surface area (Å²) in [6.45, 7) is 3.27. The lowest BCUT2D eigenvalue weighted by atomic mass is 10.1. The van der Waals surface area contributed by atoms with Gasteiger partial charge in [0.1, 0.15) is 12.4 Å². The van der Waals surface area contributed by atoms with Crippen LogP contribution in [0.5, 0.6) is 0 Å². The summed E-state index contributed by atoms with van der Waals surface area (Å²) in [7, 11) is -3.76. The molecule has 1 aliphatic heterocycles. The van der Waals surface area contributed by atoms with Crippen LogP contribution >= 0.6 is 0 Å². The number of amides is 2. The van der Waals surface area contributed by atoms with Gasteiger partial charge in [-0.05, 0) is 48.9 Å². The maximum absolute atomic E-state index is 13.1. The summed E-state index contributed by atoms with van der Waals surface area (Å²) in [5.41, 5.74) is 1.39. The van der Waals surface area contributed by atoms with Crippen molar-refractivity contribution in [2.24, 2.45) is 0 Å². The minimum absolute atomic E-state index is 0.156. The highest BCUT2D eigenvalue weighted by Gasteiger charge is 2.23. The van der Waals surface area contributed by atoms with Crippen LogP contribution in [0.1, 0.15) is 28.9 Å².